The molecule has 1 rings (SSSR count). The van der Waals surface area contributed by atoms with E-state index in [1.54, 1.807) is 24.3 Å². The van der Waals surface area contributed by atoms with Gasteiger partial charge in [-0.15, -0.1) is 0 Å². The van der Waals surface area contributed by atoms with Crippen LogP contribution in [0.3, 0.4) is 0 Å². The minimum atomic E-state index is -2.48. The monoisotopic (exact) mass is 291 g/mol. The number of rotatable bonds is 8. The van der Waals surface area contributed by atoms with Gasteiger partial charge in [-0.1, -0.05) is 23.7 Å². The molecular weight excluding hydrogens is 276 g/mol. The van der Waals surface area contributed by atoms with Crippen molar-refractivity contribution in [2.75, 3.05) is 26.2 Å². The minimum absolute atomic E-state index is 0.118. The van der Waals surface area contributed by atoms with E-state index in [2.05, 4.69) is 0 Å². The molecule has 3 nitrogen and oxygen atoms in total. The third-order valence-electron chi connectivity index (χ3n) is 2.61. The van der Waals surface area contributed by atoms with Gasteiger partial charge in [-0.3, -0.25) is 9.69 Å². The quantitative estimate of drug-likeness (QED) is 0.748. The number of alkyl halides is 2. The highest BCUT2D eigenvalue weighted by molar-refractivity contribution is 6.31. The van der Waals surface area contributed by atoms with Crippen molar-refractivity contribution >= 4 is 17.4 Å². The molecule has 0 spiro atoms. The fourth-order valence-corrected chi connectivity index (χ4v) is 1.89. The summed E-state index contributed by atoms with van der Waals surface area (Å²) in [5.41, 5.74) is 0.466. The van der Waals surface area contributed by atoms with E-state index in [4.69, 9.17) is 16.7 Å². The molecule has 0 aliphatic rings. The van der Waals surface area contributed by atoms with E-state index in [0.717, 1.165) is 0 Å². The molecule has 0 atom stereocenters. The summed E-state index contributed by atoms with van der Waals surface area (Å²) in [5.74, 6) is -0.153. The van der Waals surface area contributed by atoms with Crippen LogP contribution < -0.4 is 0 Å². The Hall–Kier alpha value is -1.04. The highest BCUT2D eigenvalue weighted by Crippen LogP contribution is 2.12. The lowest BCUT2D eigenvalue weighted by molar-refractivity contribution is 0.0732. The molecule has 0 aliphatic carbocycles. The second-order valence-corrected chi connectivity index (χ2v) is 4.54. The van der Waals surface area contributed by atoms with Crippen molar-refractivity contribution in [2.45, 2.75) is 12.8 Å². The standard InChI is InChI=1S/C13H16ClF2NO2/c14-11-3-1-2-10(8-11)12(19)4-5-17(6-7-18)9-13(15)16/h1-3,8,13,18H,4-7,9H2. The number of Topliss-reactive ketones (excluding diaryl/α,β-unsaturated/α-hetero) is 1. The number of halogens is 3. The highest BCUT2D eigenvalue weighted by Gasteiger charge is 2.14. The lowest BCUT2D eigenvalue weighted by Crippen LogP contribution is -2.33. The molecule has 1 aromatic rings. The van der Waals surface area contributed by atoms with Gasteiger partial charge in [0.15, 0.2) is 5.78 Å². The first-order valence-corrected chi connectivity index (χ1v) is 6.31. The van der Waals surface area contributed by atoms with Crippen molar-refractivity contribution < 1.29 is 18.7 Å². The number of ketones is 1. The van der Waals surface area contributed by atoms with E-state index in [9.17, 15) is 13.6 Å². The van der Waals surface area contributed by atoms with Gasteiger partial charge in [-0.05, 0) is 12.1 Å². The SMILES string of the molecule is O=C(CCN(CCO)CC(F)F)c1cccc(Cl)c1. The van der Waals surface area contributed by atoms with Crippen LogP contribution in [0.25, 0.3) is 0 Å². The molecule has 0 unspecified atom stereocenters. The van der Waals surface area contributed by atoms with Gasteiger partial charge in [0.05, 0.1) is 13.2 Å². The van der Waals surface area contributed by atoms with Crippen LogP contribution in [0, 0.1) is 0 Å². The number of nitrogens with zero attached hydrogens (tertiary/aromatic N) is 1. The van der Waals surface area contributed by atoms with Crippen LogP contribution in [0.15, 0.2) is 24.3 Å². The van der Waals surface area contributed by atoms with Gasteiger partial charge in [0.2, 0.25) is 0 Å². The number of carbonyl (C=O) groups excluding carboxylic acids is 1. The van der Waals surface area contributed by atoms with Crippen molar-refractivity contribution in [1.82, 2.24) is 4.90 Å². The van der Waals surface area contributed by atoms with Gasteiger partial charge < -0.3 is 5.11 Å². The molecule has 0 fully saturated rings. The summed E-state index contributed by atoms with van der Waals surface area (Å²) in [4.78, 5) is 13.2. The molecule has 0 radical (unpaired) electrons. The Morgan fingerprint density at radius 2 is 2.11 bits per heavy atom. The lowest BCUT2D eigenvalue weighted by Gasteiger charge is -2.20. The largest absolute Gasteiger partial charge is 0.395 e. The molecule has 1 aromatic carbocycles. The van der Waals surface area contributed by atoms with Crippen LogP contribution in [-0.2, 0) is 0 Å². The number of aliphatic hydroxyl groups is 1. The molecule has 0 saturated carbocycles. The Labute approximate surface area is 115 Å². The van der Waals surface area contributed by atoms with Crippen LogP contribution in [-0.4, -0.2) is 48.5 Å². The Balaban J connectivity index is 2.51. The topological polar surface area (TPSA) is 40.5 Å². The van der Waals surface area contributed by atoms with Crippen LogP contribution in [0.5, 0.6) is 0 Å². The highest BCUT2D eigenvalue weighted by atomic mass is 35.5. The Bertz CT molecular complexity index is 415. The van der Waals surface area contributed by atoms with Gasteiger partial charge >= 0.3 is 0 Å². The molecule has 1 N–H and O–H groups in total. The van der Waals surface area contributed by atoms with Crippen molar-refractivity contribution in [1.29, 1.82) is 0 Å². The number of benzene rings is 1. The smallest absolute Gasteiger partial charge is 0.251 e. The third-order valence-corrected chi connectivity index (χ3v) is 2.85. The van der Waals surface area contributed by atoms with Crippen molar-refractivity contribution in [3.63, 3.8) is 0 Å². The van der Waals surface area contributed by atoms with Crippen LogP contribution >= 0.6 is 11.6 Å². The maximum absolute atomic E-state index is 12.3. The molecule has 0 saturated heterocycles. The first-order chi connectivity index (χ1) is 9.02. The van der Waals surface area contributed by atoms with Gasteiger partial charge in [0.1, 0.15) is 0 Å². The molecular formula is C13H16ClF2NO2. The lowest BCUT2D eigenvalue weighted by atomic mass is 10.1. The summed E-state index contributed by atoms with van der Waals surface area (Å²) in [6.07, 6.45) is -2.36. The Kier molecular flexibility index (Phi) is 6.91. The van der Waals surface area contributed by atoms with E-state index >= 15 is 0 Å². The summed E-state index contributed by atoms with van der Waals surface area (Å²) in [5, 5.41) is 9.24. The second kappa shape index (κ2) is 8.19. The summed E-state index contributed by atoms with van der Waals surface area (Å²) >= 11 is 5.78. The van der Waals surface area contributed by atoms with Gasteiger partial charge in [-0.2, -0.15) is 0 Å². The van der Waals surface area contributed by atoms with Crippen LogP contribution in [0.2, 0.25) is 5.02 Å². The predicted molar refractivity (Wildman–Crippen MR) is 69.9 cm³/mol. The summed E-state index contributed by atoms with van der Waals surface area (Å²) < 4.78 is 24.6. The summed E-state index contributed by atoms with van der Waals surface area (Å²) in [6, 6.07) is 6.51. The minimum Gasteiger partial charge on any atom is -0.395 e. The number of hydrogen-bond donors (Lipinski definition) is 1. The van der Waals surface area contributed by atoms with Crippen LogP contribution in [0.1, 0.15) is 16.8 Å². The molecule has 0 aromatic heterocycles. The second-order valence-electron chi connectivity index (χ2n) is 4.10. The average Bonchev–Trinajstić information content (AvgIpc) is 2.35. The summed E-state index contributed by atoms with van der Waals surface area (Å²) in [6.45, 7) is -0.328. The Morgan fingerprint density at radius 1 is 1.37 bits per heavy atom. The van der Waals surface area contributed by atoms with Gasteiger partial charge in [0.25, 0.3) is 6.43 Å². The number of aliphatic hydroxyl groups excluding tert-OH is 1. The normalized spacial score (nSPS) is 11.3. The first kappa shape index (κ1) is 16.0. The fraction of sp³-hybridized carbons (Fsp3) is 0.462. The maximum Gasteiger partial charge on any atom is 0.251 e. The van der Waals surface area contributed by atoms with Gasteiger partial charge in [-0.25, -0.2) is 8.78 Å². The molecule has 106 valence electrons. The van der Waals surface area contributed by atoms with Crippen LogP contribution in [0.4, 0.5) is 8.78 Å². The van der Waals surface area contributed by atoms with E-state index in [1.165, 1.54) is 4.90 Å². The van der Waals surface area contributed by atoms with Crippen molar-refractivity contribution in [2.24, 2.45) is 0 Å². The maximum atomic E-state index is 12.3. The molecule has 19 heavy (non-hydrogen) atoms. The molecule has 6 heteroatoms. The van der Waals surface area contributed by atoms with E-state index in [0.29, 0.717) is 10.6 Å². The Morgan fingerprint density at radius 3 is 2.68 bits per heavy atom. The van der Waals surface area contributed by atoms with Crippen molar-refractivity contribution in [3.05, 3.63) is 34.9 Å². The molecule has 0 aliphatic heterocycles. The zero-order valence-corrected chi connectivity index (χ0v) is 11.1. The zero-order chi connectivity index (χ0) is 14.3. The van der Waals surface area contributed by atoms with Gasteiger partial charge in [0, 0.05) is 30.1 Å². The third kappa shape index (κ3) is 6.09. The fourth-order valence-electron chi connectivity index (χ4n) is 1.70. The molecule has 0 amide bonds. The van der Waals surface area contributed by atoms with E-state index in [-0.39, 0.29) is 31.9 Å². The van der Waals surface area contributed by atoms with E-state index < -0.39 is 13.0 Å². The number of carbonyl (C=O) groups is 1. The molecule has 0 bridgehead atoms. The number of hydrogen-bond acceptors (Lipinski definition) is 3. The summed E-state index contributed by atoms with van der Waals surface area (Å²) in [7, 11) is 0. The molecule has 0 heterocycles. The average molecular weight is 292 g/mol. The zero-order valence-electron chi connectivity index (χ0n) is 10.4. The first-order valence-electron chi connectivity index (χ1n) is 5.93. The predicted octanol–water partition coefficient (Wildman–Crippen LogP) is 2.47. The van der Waals surface area contributed by atoms with E-state index in [1.807, 2.05) is 0 Å². The van der Waals surface area contributed by atoms with Crippen molar-refractivity contribution in [3.8, 4) is 0 Å².